The Kier molecular flexibility index (Phi) is 5.37. The van der Waals surface area contributed by atoms with Gasteiger partial charge in [0.25, 0.3) is 0 Å². The quantitative estimate of drug-likeness (QED) is 0.828. The molecule has 0 amide bonds. The van der Waals surface area contributed by atoms with Gasteiger partial charge in [-0.3, -0.25) is 4.90 Å². The predicted molar refractivity (Wildman–Crippen MR) is 87.6 cm³/mol. The van der Waals surface area contributed by atoms with E-state index in [1.165, 1.54) is 0 Å². The molecule has 5 nitrogen and oxygen atoms in total. The Morgan fingerprint density at radius 3 is 2.40 bits per heavy atom. The lowest BCUT2D eigenvalue weighted by Crippen LogP contribution is -2.47. The number of hydrogen-bond donors (Lipinski definition) is 0. The smallest absolute Gasteiger partial charge is 0.433 e. The summed E-state index contributed by atoms with van der Waals surface area (Å²) in [6.07, 6.45) is -3.48. The van der Waals surface area contributed by atoms with Gasteiger partial charge in [0, 0.05) is 38.8 Å². The number of alkyl halides is 3. The summed E-state index contributed by atoms with van der Waals surface area (Å²) in [7, 11) is 0. The fourth-order valence-electron chi connectivity index (χ4n) is 2.68. The van der Waals surface area contributed by atoms with Crippen LogP contribution in [0.25, 0.3) is 0 Å². The third-order valence-electron chi connectivity index (χ3n) is 4.06. The van der Waals surface area contributed by atoms with Crippen molar-refractivity contribution in [3.05, 3.63) is 48.4 Å². The average Bonchev–Trinajstić information content (AvgIpc) is 2.63. The van der Waals surface area contributed by atoms with Gasteiger partial charge in [-0.1, -0.05) is 18.2 Å². The van der Waals surface area contributed by atoms with Crippen LogP contribution >= 0.6 is 0 Å². The van der Waals surface area contributed by atoms with Gasteiger partial charge in [-0.2, -0.15) is 13.2 Å². The van der Waals surface area contributed by atoms with Crippen molar-refractivity contribution < 1.29 is 17.9 Å². The predicted octanol–water partition coefficient (Wildman–Crippen LogP) is 2.70. The topological polar surface area (TPSA) is 41.5 Å². The van der Waals surface area contributed by atoms with Gasteiger partial charge >= 0.3 is 6.18 Å². The monoisotopic (exact) mass is 352 g/mol. The first kappa shape index (κ1) is 17.5. The Morgan fingerprint density at radius 1 is 1.00 bits per heavy atom. The van der Waals surface area contributed by atoms with Gasteiger partial charge in [0.15, 0.2) is 0 Å². The first-order valence-electron chi connectivity index (χ1n) is 8.07. The van der Waals surface area contributed by atoms with Gasteiger partial charge in [0.2, 0.25) is 0 Å². The molecule has 3 rings (SSSR count). The Bertz CT molecular complexity index is 673. The molecule has 2 aromatic rings. The maximum atomic E-state index is 12.7. The highest BCUT2D eigenvalue weighted by molar-refractivity contribution is 5.40. The zero-order chi connectivity index (χ0) is 17.7. The van der Waals surface area contributed by atoms with Gasteiger partial charge < -0.3 is 9.64 Å². The first-order chi connectivity index (χ1) is 12.0. The minimum absolute atomic E-state index is 0.322. The minimum Gasteiger partial charge on any atom is -0.492 e. The molecule has 25 heavy (non-hydrogen) atoms. The number of hydrogen-bond acceptors (Lipinski definition) is 5. The number of rotatable bonds is 5. The second-order valence-corrected chi connectivity index (χ2v) is 5.75. The lowest BCUT2D eigenvalue weighted by atomic mass is 10.3. The molecule has 0 saturated carbocycles. The largest absolute Gasteiger partial charge is 0.492 e. The van der Waals surface area contributed by atoms with Crippen molar-refractivity contribution in [2.24, 2.45) is 0 Å². The van der Waals surface area contributed by atoms with Gasteiger partial charge in [-0.15, -0.1) is 0 Å². The molecule has 1 aromatic carbocycles. The molecular formula is C17H19F3N4O. The highest BCUT2D eigenvalue weighted by Crippen LogP contribution is 2.29. The van der Waals surface area contributed by atoms with Crippen LogP contribution in [0, 0.1) is 0 Å². The standard InChI is InChI=1S/C17H19F3N4O/c18-17(19,20)15-12-16(22-13-21-15)24-8-6-23(7-9-24)10-11-25-14-4-2-1-3-5-14/h1-5,12-13H,6-11H2. The van der Waals surface area contributed by atoms with Crippen LogP contribution in [-0.4, -0.2) is 54.2 Å². The van der Waals surface area contributed by atoms with Crippen molar-refractivity contribution in [2.45, 2.75) is 6.18 Å². The van der Waals surface area contributed by atoms with Crippen LogP contribution in [0.2, 0.25) is 0 Å². The molecule has 1 aliphatic heterocycles. The fraction of sp³-hybridized carbons (Fsp3) is 0.412. The van der Waals surface area contributed by atoms with Crippen LogP contribution < -0.4 is 9.64 Å². The highest BCUT2D eigenvalue weighted by Gasteiger charge is 2.33. The number of piperazine rings is 1. The molecule has 0 aliphatic carbocycles. The molecule has 1 aromatic heterocycles. The summed E-state index contributed by atoms with van der Waals surface area (Å²) in [5.74, 6) is 1.16. The molecule has 1 aliphatic rings. The van der Waals surface area contributed by atoms with E-state index in [0.717, 1.165) is 37.8 Å². The van der Waals surface area contributed by atoms with E-state index in [2.05, 4.69) is 14.9 Å². The SMILES string of the molecule is FC(F)(F)c1cc(N2CCN(CCOc3ccccc3)CC2)ncn1. The number of aromatic nitrogens is 2. The molecule has 2 heterocycles. The number of para-hydroxylation sites is 1. The highest BCUT2D eigenvalue weighted by atomic mass is 19.4. The first-order valence-corrected chi connectivity index (χ1v) is 8.07. The summed E-state index contributed by atoms with van der Waals surface area (Å²) >= 11 is 0. The Balaban J connectivity index is 1.47. The molecule has 0 radical (unpaired) electrons. The zero-order valence-corrected chi connectivity index (χ0v) is 13.6. The lowest BCUT2D eigenvalue weighted by Gasteiger charge is -2.35. The Labute approximate surface area is 144 Å². The van der Waals surface area contributed by atoms with Gasteiger partial charge in [0.1, 0.15) is 30.2 Å². The van der Waals surface area contributed by atoms with Gasteiger partial charge in [0.05, 0.1) is 0 Å². The molecular weight excluding hydrogens is 333 g/mol. The van der Waals surface area contributed by atoms with E-state index in [4.69, 9.17) is 4.74 Å². The number of ether oxygens (including phenoxy) is 1. The van der Waals surface area contributed by atoms with E-state index < -0.39 is 11.9 Å². The summed E-state index contributed by atoms with van der Waals surface area (Å²) in [4.78, 5) is 11.4. The van der Waals surface area contributed by atoms with E-state index in [-0.39, 0.29) is 0 Å². The number of benzene rings is 1. The van der Waals surface area contributed by atoms with E-state index >= 15 is 0 Å². The number of anilines is 1. The lowest BCUT2D eigenvalue weighted by molar-refractivity contribution is -0.141. The van der Waals surface area contributed by atoms with Crippen molar-refractivity contribution in [1.82, 2.24) is 14.9 Å². The summed E-state index contributed by atoms with van der Waals surface area (Å²) in [5, 5.41) is 0. The molecule has 8 heteroatoms. The maximum Gasteiger partial charge on any atom is 0.433 e. The average molecular weight is 352 g/mol. The molecule has 0 bridgehead atoms. The summed E-state index contributed by atoms with van der Waals surface area (Å²) in [6.45, 7) is 4.11. The van der Waals surface area contributed by atoms with Crippen LogP contribution in [0.1, 0.15) is 5.69 Å². The van der Waals surface area contributed by atoms with Crippen LogP contribution in [0.4, 0.5) is 19.0 Å². The summed E-state index contributed by atoms with van der Waals surface area (Å²) in [5.41, 5.74) is -0.906. The van der Waals surface area contributed by atoms with E-state index in [1.54, 1.807) is 0 Å². The van der Waals surface area contributed by atoms with E-state index in [1.807, 2.05) is 35.2 Å². The van der Waals surface area contributed by atoms with Crippen molar-refractivity contribution in [2.75, 3.05) is 44.2 Å². The fourth-order valence-corrected chi connectivity index (χ4v) is 2.68. The third-order valence-corrected chi connectivity index (χ3v) is 4.06. The maximum absolute atomic E-state index is 12.7. The van der Waals surface area contributed by atoms with E-state index in [9.17, 15) is 13.2 Å². The van der Waals surface area contributed by atoms with Crippen LogP contribution in [0.5, 0.6) is 5.75 Å². The minimum atomic E-state index is -4.45. The van der Waals surface area contributed by atoms with E-state index in [0.29, 0.717) is 25.5 Å². The van der Waals surface area contributed by atoms with Crippen molar-refractivity contribution >= 4 is 5.82 Å². The normalized spacial score (nSPS) is 16.0. The zero-order valence-electron chi connectivity index (χ0n) is 13.6. The molecule has 0 atom stereocenters. The van der Waals surface area contributed by atoms with Crippen LogP contribution in [0.3, 0.4) is 0 Å². The second-order valence-electron chi connectivity index (χ2n) is 5.75. The molecule has 1 saturated heterocycles. The molecule has 134 valence electrons. The Hall–Kier alpha value is -2.35. The number of nitrogens with zero attached hydrogens (tertiary/aromatic N) is 4. The van der Waals surface area contributed by atoms with Gasteiger partial charge in [-0.05, 0) is 12.1 Å². The molecule has 1 fully saturated rings. The number of halogens is 3. The Morgan fingerprint density at radius 2 is 1.72 bits per heavy atom. The van der Waals surface area contributed by atoms with Crippen LogP contribution in [0.15, 0.2) is 42.7 Å². The van der Waals surface area contributed by atoms with Crippen molar-refractivity contribution in [3.63, 3.8) is 0 Å². The molecule has 0 N–H and O–H groups in total. The van der Waals surface area contributed by atoms with Crippen molar-refractivity contribution in [3.8, 4) is 5.75 Å². The van der Waals surface area contributed by atoms with Crippen LogP contribution in [-0.2, 0) is 6.18 Å². The second kappa shape index (κ2) is 7.69. The third kappa shape index (κ3) is 4.82. The summed E-state index contributed by atoms with van der Waals surface area (Å²) < 4.78 is 43.9. The molecule has 0 spiro atoms. The van der Waals surface area contributed by atoms with Crippen molar-refractivity contribution in [1.29, 1.82) is 0 Å². The summed E-state index contributed by atoms with van der Waals surface area (Å²) in [6, 6.07) is 10.6. The molecule has 0 unspecified atom stereocenters. The van der Waals surface area contributed by atoms with Gasteiger partial charge in [-0.25, -0.2) is 9.97 Å².